The maximum atomic E-state index is 9.98. The van der Waals surface area contributed by atoms with Gasteiger partial charge >= 0.3 is 0 Å². The van der Waals surface area contributed by atoms with Gasteiger partial charge in [0.25, 0.3) is 0 Å². The average molecular weight is 236 g/mol. The van der Waals surface area contributed by atoms with E-state index in [1.54, 1.807) is 17.5 Å². The van der Waals surface area contributed by atoms with E-state index in [9.17, 15) is 5.11 Å². The lowest BCUT2D eigenvalue weighted by molar-refractivity contribution is 0.318. The van der Waals surface area contributed by atoms with Gasteiger partial charge in [-0.05, 0) is 19.1 Å². The summed E-state index contributed by atoms with van der Waals surface area (Å²) in [5.74, 6) is 0.571. The summed E-state index contributed by atoms with van der Waals surface area (Å²) in [6.07, 6.45) is 0. The van der Waals surface area contributed by atoms with Crippen LogP contribution in [0.3, 0.4) is 0 Å². The Balaban J connectivity index is 2.45. The molecule has 0 unspecified atom stereocenters. The smallest absolute Gasteiger partial charge is 0.180 e. The summed E-state index contributed by atoms with van der Waals surface area (Å²) in [5, 5.41) is 12.3. The molecule has 2 aromatic rings. The number of thiazole rings is 1. The zero-order valence-corrected chi connectivity index (χ0v) is 9.62. The topological polar surface area (TPSA) is 68.4 Å². The molecule has 5 heteroatoms. The molecule has 0 radical (unpaired) electrons. The highest BCUT2D eigenvalue weighted by Crippen LogP contribution is 2.37. The monoisotopic (exact) mass is 236 g/mol. The van der Waals surface area contributed by atoms with E-state index < -0.39 is 0 Å². The summed E-state index contributed by atoms with van der Waals surface area (Å²) in [6, 6.07) is 5.32. The predicted molar refractivity (Wildman–Crippen MR) is 64.8 cm³/mol. The Morgan fingerprint density at radius 3 is 2.94 bits per heavy atom. The summed E-state index contributed by atoms with van der Waals surface area (Å²) >= 11 is 1.34. The standard InChI is InChI=1S/C11H12N2O2S/c1-2-15-9-5-3-4-7(10(9)14)8-6-16-11(12)13-8/h3-6,14H,2H2,1H3,(H2,12,13). The van der Waals surface area contributed by atoms with Crippen LogP contribution in [-0.4, -0.2) is 16.7 Å². The second kappa shape index (κ2) is 4.40. The molecule has 0 saturated heterocycles. The molecule has 2 rings (SSSR count). The Morgan fingerprint density at radius 2 is 2.31 bits per heavy atom. The van der Waals surface area contributed by atoms with Crippen LogP contribution in [-0.2, 0) is 0 Å². The van der Waals surface area contributed by atoms with Crippen LogP contribution < -0.4 is 10.5 Å². The van der Waals surface area contributed by atoms with Crippen LogP contribution in [0.15, 0.2) is 23.6 Å². The van der Waals surface area contributed by atoms with Crippen LogP contribution in [0.4, 0.5) is 5.13 Å². The minimum atomic E-state index is 0.106. The molecule has 84 valence electrons. The number of phenolic OH excluding ortho intramolecular Hbond substituents is 1. The van der Waals surface area contributed by atoms with Crippen molar-refractivity contribution in [1.82, 2.24) is 4.98 Å². The fraction of sp³-hybridized carbons (Fsp3) is 0.182. The molecular weight excluding hydrogens is 224 g/mol. The lowest BCUT2D eigenvalue weighted by Gasteiger charge is -2.08. The van der Waals surface area contributed by atoms with E-state index in [4.69, 9.17) is 10.5 Å². The van der Waals surface area contributed by atoms with Crippen molar-refractivity contribution in [1.29, 1.82) is 0 Å². The highest BCUT2D eigenvalue weighted by molar-refractivity contribution is 7.13. The first-order chi connectivity index (χ1) is 7.72. The van der Waals surface area contributed by atoms with Gasteiger partial charge in [0.2, 0.25) is 0 Å². The van der Waals surface area contributed by atoms with Gasteiger partial charge < -0.3 is 15.6 Å². The van der Waals surface area contributed by atoms with E-state index in [0.29, 0.717) is 28.7 Å². The maximum Gasteiger partial charge on any atom is 0.180 e. The first-order valence-corrected chi connectivity index (χ1v) is 5.76. The first-order valence-electron chi connectivity index (χ1n) is 4.88. The molecule has 0 aliphatic heterocycles. The third kappa shape index (κ3) is 1.94. The Kier molecular flexibility index (Phi) is 2.96. The molecule has 1 aromatic heterocycles. The molecule has 0 saturated carbocycles. The lowest BCUT2D eigenvalue weighted by Crippen LogP contribution is -1.92. The van der Waals surface area contributed by atoms with Gasteiger partial charge in [-0.3, -0.25) is 0 Å². The zero-order chi connectivity index (χ0) is 11.5. The minimum Gasteiger partial charge on any atom is -0.504 e. The molecule has 0 aliphatic carbocycles. The number of aromatic nitrogens is 1. The summed E-state index contributed by atoms with van der Waals surface area (Å²) in [7, 11) is 0. The number of aromatic hydroxyl groups is 1. The number of nitrogens with zero attached hydrogens (tertiary/aromatic N) is 1. The van der Waals surface area contributed by atoms with Crippen molar-refractivity contribution in [2.75, 3.05) is 12.3 Å². The SMILES string of the molecule is CCOc1cccc(-c2csc(N)n2)c1O. The summed E-state index contributed by atoms with van der Waals surface area (Å²) in [6.45, 7) is 2.38. The second-order valence-corrected chi connectivity index (χ2v) is 4.05. The highest BCUT2D eigenvalue weighted by atomic mass is 32.1. The van der Waals surface area contributed by atoms with Gasteiger partial charge in [-0.2, -0.15) is 0 Å². The molecule has 0 spiro atoms. The number of hydrogen-bond acceptors (Lipinski definition) is 5. The second-order valence-electron chi connectivity index (χ2n) is 3.16. The number of nitrogen functional groups attached to an aromatic ring is 1. The van der Waals surface area contributed by atoms with Crippen molar-refractivity contribution in [2.24, 2.45) is 0 Å². The number of benzene rings is 1. The van der Waals surface area contributed by atoms with Gasteiger partial charge in [0.1, 0.15) is 0 Å². The van der Waals surface area contributed by atoms with Crippen LogP contribution in [0.25, 0.3) is 11.3 Å². The third-order valence-corrected chi connectivity index (χ3v) is 2.77. The van der Waals surface area contributed by atoms with E-state index in [1.165, 1.54) is 11.3 Å². The Morgan fingerprint density at radius 1 is 1.50 bits per heavy atom. The predicted octanol–water partition coefficient (Wildman–Crippen LogP) is 2.50. The van der Waals surface area contributed by atoms with Gasteiger partial charge in [-0.15, -0.1) is 11.3 Å². The number of hydrogen-bond donors (Lipinski definition) is 2. The molecule has 0 atom stereocenters. The van der Waals surface area contributed by atoms with E-state index in [2.05, 4.69) is 4.98 Å². The van der Waals surface area contributed by atoms with Crippen LogP contribution in [0.2, 0.25) is 0 Å². The number of ether oxygens (including phenoxy) is 1. The molecule has 1 heterocycles. The maximum absolute atomic E-state index is 9.98. The van der Waals surface area contributed by atoms with Crippen LogP contribution in [0.5, 0.6) is 11.5 Å². The molecule has 0 aliphatic rings. The number of phenols is 1. The van der Waals surface area contributed by atoms with E-state index >= 15 is 0 Å². The lowest BCUT2D eigenvalue weighted by atomic mass is 10.1. The zero-order valence-electron chi connectivity index (χ0n) is 8.80. The number of para-hydroxylation sites is 1. The number of rotatable bonds is 3. The van der Waals surface area contributed by atoms with Gasteiger partial charge in [-0.1, -0.05) is 6.07 Å². The van der Waals surface area contributed by atoms with Gasteiger partial charge in [0, 0.05) is 10.9 Å². The summed E-state index contributed by atoms with van der Waals surface area (Å²) in [4.78, 5) is 4.12. The largest absolute Gasteiger partial charge is 0.504 e. The Hall–Kier alpha value is -1.75. The minimum absolute atomic E-state index is 0.106. The van der Waals surface area contributed by atoms with Gasteiger partial charge in [0.15, 0.2) is 16.6 Å². The summed E-state index contributed by atoms with van der Waals surface area (Å²) in [5.41, 5.74) is 6.86. The average Bonchev–Trinajstić information content (AvgIpc) is 2.68. The molecule has 16 heavy (non-hydrogen) atoms. The van der Waals surface area contributed by atoms with E-state index in [-0.39, 0.29) is 5.75 Å². The molecule has 0 amide bonds. The number of anilines is 1. The Bertz CT molecular complexity index is 496. The van der Waals surface area contributed by atoms with Crippen molar-refractivity contribution in [3.63, 3.8) is 0 Å². The van der Waals surface area contributed by atoms with Crippen molar-refractivity contribution >= 4 is 16.5 Å². The van der Waals surface area contributed by atoms with Crippen LogP contribution >= 0.6 is 11.3 Å². The molecule has 3 N–H and O–H groups in total. The van der Waals surface area contributed by atoms with Crippen molar-refractivity contribution in [3.8, 4) is 22.8 Å². The normalized spacial score (nSPS) is 10.3. The quantitative estimate of drug-likeness (QED) is 0.859. The molecular formula is C11H12N2O2S. The fourth-order valence-electron chi connectivity index (χ4n) is 1.41. The number of nitrogens with two attached hydrogens (primary N) is 1. The molecule has 4 nitrogen and oxygen atoms in total. The summed E-state index contributed by atoms with van der Waals surface area (Å²) < 4.78 is 5.30. The van der Waals surface area contributed by atoms with Crippen molar-refractivity contribution < 1.29 is 9.84 Å². The fourth-order valence-corrected chi connectivity index (χ4v) is 1.98. The van der Waals surface area contributed by atoms with E-state index in [1.807, 2.05) is 13.0 Å². The molecule has 0 bridgehead atoms. The van der Waals surface area contributed by atoms with E-state index in [0.717, 1.165) is 0 Å². The van der Waals surface area contributed by atoms with Gasteiger partial charge in [0.05, 0.1) is 12.3 Å². The van der Waals surface area contributed by atoms with Crippen LogP contribution in [0.1, 0.15) is 6.92 Å². The third-order valence-electron chi connectivity index (χ3n) is 2.10. The van der Waals surface area contributed by atoms with Crippen molar-refractivity contribution in [2.45, 2.75) is 6.92 Å². The molecule has 0 fully saturated rings. The van der Waals surface area contributed by atoms with Crippen molar-refractivity contribution in [3.05, 3.63) is 23.6 Å². The van der Waals surface area contributed by atoms with Gasteiger partial charge in [-0.25, -0.2) is 4.98 Å². The first kappa shape index (κ1) is 10.8. The highest BCUT2D eigenvalue weighted by Gasteiger charge is 2.11. The molecule has 1 aromatic carbocycles. The van der Waals surface area contributed by atoms with Crippen LogP contribution in [0, 0.1) is 0 Å². The Labute approximate surface area is 97.3 Å².